The minimum atomic E-state index is -0.415. The van der Waals surface area contributed by atoms with E-state index in [2.05, 4.69) is 24.3 Å². The fraction of sp³-hybridized carbons (Fsp3) is 0.412. The monoisotopic (exact) mass is 301 g/mol. The number of carbonyl (C=O) groups is 1. The van der Waals surface area contributed by atoms with Gasteiger partial charge in [0.15, 0.2) is 0 Å². The van der Waals surface area contributed by atoms with Crippen LogP contribution in [0.5, 0.6) is 0 Å². The number of hydrogen-bond donors (Lipinski definition) is 2. The van der Waals surface area contributed by atoms with Gasteiger partial charge in [0, 0.05) is 12.2 Å². The molecule has 2 rings (SSSR count). The number of aliphatic hydroxyl groups excluding tert-OH is 1. The first-order valence-corrected chi connectivity index (χ1v) is 7.52. The van der Waals surface area contributed by atoms with Crippen molar-refractivity contribution in [3.8, 4) is 0 Å². The van der Waals surface area contributed by atoms with E-state index in [0.717, 1.165) is 17.8 Å². The summed E-state index contributed by atoms with van der Waals surface area (Å²) in [5.74, 6) is 0.249. The molecule has 0 spiro atoms. The van der Waals surface area contributed by atoms with Gasteiger partial charge in [0.1, 0.15) is 0 Å². The first kappa shape index (κ1) is 16.2. The van der Waals surface area contributed by atoms with Gasteiger partial charge in [0.25, 0.3) is 5.91 Å². The molecule has 0 aliphatic carbocycles. The maximum Gasteiger partial charge on any atom is 0.255 e. The Hall–Kier alpha value is -2.14. The smallest absolute Gasteiger partial charge is 0.255 e. The molecule has 0 fully saturated rings. The van der Waals surface area contributed by atoms with Crippen molar-refractivity contribution in [1.29, 1.82) is 0 Å². The predicted octanol–water partition coefficient (Wildman–Crippen LogP) is 2.31. The molecule has 1 atom stereocenters. The SMILES string of the molecule is Cc1c(C(=O)NC(CO)c2ccccc2)cnn1CC(C)C. The zero-order valence-electron chi connectivity index (χ0n) is 13.3. The fourth-order valence-electron chi connectivity index (χ4n) is 2.36. The number of hydrogen-bond acceptors (Lipinski definition) is 3. The third kappa shape index (κ3) is 3.74. The van der Waals surface area contributed by atoms with E-state index in [1.807, 2.05) is 41.9 Å². The number of rotatable bonds is 6. The Morgan fingerprint density at radius 3 is 2.59 bits per heavy atom. The number of nitrogens with one attached hydrogen (secondary N) is 1. The number of amides is 1. The third-order valence-electron chi connectivity index (χ3n) is 3.58. The third-order valence-corrected chi connectivity index (χ3v) is 3.58. The molecule has 1 amide bonds. The van der Waals surface area contributed by atoms with Gasteiger partial charge in [-0.05, 0) is 18.4 Å². The summed E-state index contributed by atoms with van der Waals surface area (Å²) in [7, 11) is 0. The molecule has 5 nitrogen and oxygen atoms in total. The summed E-state index contributed by atoms with van der Waals surface area (Å²) in [6.45, 7) is 6.74. The van der Waals surface area contributed by atoms with Crippen molar-refractivity contribution in [1.82, 2.24) is 15.1 Å². The van der Waals surface area contributed by atoms with Crippen LogP contribution in [0.3, 0.4) is 0 Å². The molecule has 1 unspecified atom stereocenters. The second-order valence-corrected chi connectivity index (χ2v) is 5.84. The standard InChI is InChI=1S/C17H23N3O2/c1-12(2)10-20-13(3)15(9-18-20)17(22)19-16(11-21)14-7-5-4-6-8-14/h4-9,12,16,21H,10-11H2,1-3H3,(H,19,22). The maximum atomic E-state index is 12.4. The summed E-state index contributed by atoms with van der Waals surface area (Å²) >= 11 is 0. The average molecular weight is 301 g/mol. The molecule has 5 heteroatoms. The zero-order chi connectivity index (χ0) is 16.1. The van der Waals surface area contributed by atoms with Gasteiger partial charge in [0.2, 0.25) is 0 Å². The van der Waals surface area contributed by atoms with Crippen molar-refractivity contribution < 1.29 is 9.90 Å². The van der Waals surface area contributed by atoms with Crippen molar-refractivity contribution >= 4 is 5.91 Å². The van der Waals surface area contributed by atoms with Gasteiger partial charge in [0.05, 0.1) is 24.4 Å². The lowest BCUT2D eigenvalue weighted by Gasteiger charge is -2.16. The lowest BCUT2D eigenvalue weighted by Crippen LogP contribution is -2.31. The normalized spacial score (nSPS) is 12.4. The minimum Gasteiger partial charge on any atom is -0.394 e. The summed E-state index contributed by atoms with van der Waals surface area (Å²) in [4.78, 5) is 12.4. The van der Waals surface area contributed by atoms with E-state index in [1.165, 1.54) is 0 Å². The van der Waals surface area contributed by atoms with E-state index in [0.29, 0.717) is 11.5 Å². The van der Waals surface area contributed by atoms with Crippen LogP contribution in [0.1, 0.15) is 41.5 Å². The van der Waals surface area contributed by atoms with Crippen LogP contribution >= 0.6 is 0 Å². The predicted molar refractivity (Wildman–Crippen MR) is 85.5 cm³/mol. The van der Waals surface area contributed by atoms with Gasteiger partial charge < -0.3 is 10.4 Å². The minimum absolute atomic E-state index is 0.144. The van der Waals surface area contributed by atoms with Crippen LogP contribution in [0, 0.1) is 12.8 Å². The Morgan fingerprint density at radius 1 is 1.32 bits per heavy atom. The molecular formula is C17H23N3O2. The fourth-order valence-corrected chi connectivity index (χ4v) is 2.36. The Morgan fingerprint density at radius 2 is 2.00 bits per heavy atom. The summed E-state index contributed by atoms with van der Waals surface area (Å²) in [5.41, 5.74) is 2.27. The number of aliphatic hydroxyl groups is 1. The van der Waals surface area contributed by atoms with Crippen LogP contribution in [0.2, 0.25) is 0 Å². The number of benzene rings is 1. The van der Waals surface area contributed by atoms with Crippen LogP contribution in [0.4, 0.5) is 0 Å². The van der Waals surface area contributed by atoms with E-state index in [1.54, 1.807) is 6.20 Å². The van der Waals surface area contributed by atoms with Crippen molar-refractivity contribution in [2.24, 2.45) is 5.92 Å². The molecule has 0 radical (unpaired) electrons. The van der Waals surface area contributed by atoms with Crippen LogP contribution in [-0.2, 0) is 6.54 Å². The molecule has 0 bridgehead atoms. The van der Waals surface area contributed by atoms with Gasteiger partial charge in [-0.3, -0.25) is 9.48 Å². The zero-order valence-corrected chi connectivity index (χ0v) is 13.3. The van der Waals surface area contributed by atoms with E-state index in [-0.39, 0.29) is 12.5 Å². The summed E-state index contributed by atoms with van der Waals surface area (Å²) in [5, 5.41) is 16.7. The lowest BCUT2D eigenvalue weighted by atomic mass is 10.1. The summed E-state index contributed by atoms with van der Waals surface area (Å²) < 4.78 is 1.84. The van der Waals surface area contributed by atoms with Crippen molar-refractivity contribution in [2.75, 3.05) is 6.61 Å². The van der Waals surface area contributed by atoms with E-state index in [9.17, 15) is 9.90 Å². The molecular weight excluding hydrogens is 278 g/mol. The summed E-state index contributed by atoms with van der Waals surface area (Å²) in [6.07, 6.45) is 1.59. The molecule has 22 heavy (non-hydrogen) atoms. The van der Waals surface area contributed by atoms with Gasteiger partial charge >= 0.3 is 0 Å². The first-order chi connectivity index (χ1) is 10.5. The number of aromatic nitrogens is 2. The molecule has 2 N–H and O–H groups in total. The highest BCUT2D eigenvalue weighted by Crippen LogP contribution is 2.15. The Labute approximate surface area is 131 Å². The molecule has 1 aromatic carbocycles. The van der Waals surface area contributed by atoms with E-state index >= 15 is 0 Å². The molecule has 0 saturated heterocycles. The van der Waals surface area contributed by atoms with Gasteiger partial charge in [-0.1, -0.05) is 44.2 Å². The first-order valence-electron chi connectivity index (χ1n) is 7.52. The number of carbonyl (C=O) groups excluding carboxylic acids is 1. The molecule has 1 aromatic heterocycles. The second kappa shape index (κ2) is 7.22. The highest BCUT2D eigenvalue weighted by Gasteiger charge is 2.19. The van der Waals surface area contributed by atoms with Crippen LogP contribution < -0.4 is 5.32 Å². The Kier molecular flexibility index (Phi) is 5.33. The molecule has 118 valence electrons. The highest BCUT2D eigenvalue weighted by atomic mass is 16.3. The van der Waals surface area contributed by atoms with Crippen molar-refractivity contribution in [2.45, 2.75) is 33.4 Å². The Bertz CT molecular complexity index is 620. The largest absolute Gasteiger partial charge is 0.394 e. The topological polar surface area (TPSA) is 67.2 Å². The molecule has 1 heterocycles. The summed E-state index contributed by atoms with van der Waals surface area (Å²) in [6, 6.07) is 9.03. The van der Waals surface area contributed by atoms with Crippen LogP contribution in [0.25, 0.3) is 0 Å². The van der Waals surface area contributed by atoms with Crippen molar-refractivity contribution in [3.63, 3.8) is 0 Å². The van der Waals surface area contributed by atoms with Crippen LogP contribution in [0.15, 0.2) is 36.5 Å². The molecule has 0 aliphatic rings. The van der Waals surface area contributed by atoms with Crippen molar-refractivity contribution in [3.05, 3.63) is 53.3 Å². The Balaban J connectivity index is 2.13. The second-order valence-electron chi connectivity index (χ2n) is 5.84. The molecule has 0 saturated carbocycles. The highest BCUT2D eigenvalue weighted by molar-refractivity contribution is 5.95. The van der Waals surface area contributed by atoms with Gasteiger partial charge in [-0.2, -0.15) is 5.10 Å². The molecule has 2 aromatic rings. The quantitative estimate of drug-likeness (QED) is 0.860. The lowest BCUT2D eigenvalue weighted by molar-refractivity contribution is 0.0915. The van der Waals surface area contributed by atoms with E-state index < -0.39 is 6.04 Å². The van der Waals surface area contributed by atoms with E-state index in [4.69, 9.17) is 0 Å². The maximum absolute atomic E-state index is 12.4. The number of nitrogens with zero attached hydrogens (tertiary/aromatic N) is 2. The average Bonchev–Trinajstić information content (AvgIpc) is 2.86. The van der Waals surface area contributed by atoms with Gasteiger partial charge in [-0.25, -0.2) is 0 Å². The molecule has 0 aliphatic heterocycles. The van der Waals surface area contributed by atoms with Gasteiger partial charge in [-0.15, -0.1) is 0 Å². The van der Waals surface area contributed by atoms with Crippen LogP contribution in [-0.4, -0.2) is 27.4 Å².